The molecule has 3 nitrogen and oxygen atoms in total. The number of carbonyl (C=O) groups excluding carboxylic acids is 1. The van der Waals surface area contributed by atoms with Gasteiger partial charge >= 0.3 is 0 Å². The standard InChI is InChI=1S/C15H26N2O/c1-15(2,12-16)10-4-5-11-17(3)13-6-8-14(18)9-7-13/h13H,4-11H2,1-3H3. The van der Waals surface area contributed by atoms with Gasteiger partial charge in [-0.3, -0.25) is 4.79 Å². The van der Waals surface area contributed by atoms with Crippen LogP contribution in [0.5, 0.6) is 0 Å². The van der Waals surface area contributed by atoms with Crippen molar-refractivity contribution in [2.45, 2.75) is 64.8 Å². The summed E-state index contributed by atoms with van der Waals surface area (Å²) in [7, 11) is 2.16. The van der Waals surface area contributed by atoms with Gasteiger partial charge in [-0.05, 0) is 53.1 Å². The molecular weight excluding hydrogens is 224 g/mol. The van der Waals surface area contributed by atoms with Crippen molar-refractivity contribution in [3.8, 4) is 6.07 Å². The van der Waals surface area contributed by atoms with Crippen LogP contribution < -0.4 is 0 Å². The monoisotopic (exact) mass is 250 g/mol. The highest BCUT2D eigenvalue weighted by Crippen LogP contribution is 2.23. The van der Waals surface area contributed by atoms with Crippen molar-refractivity contribution in [2.75, 3.05) is 13.6 Å². The van der Waals surface area contributed by atoms with Gasteiger partial charge in [0.05, 0.1) is 11.5 Å². The summed E-state index contributed by atoms with van der Waals surface area (Å²) in [6.45, 7) is 5.09. The number of carbonyl (C=O) groups is 1. The largest absolute Gasteiger partial charge is 0.303 e. The van der Waals surface area contributed by atoms with E-state index < -0.39 is 0 Å². The predicted molar refractivity (Wildman–Crippen MR) is 73.1 cm³/mol. The number of nitriles is 1. The lowest BCUT2D eigenvalue weighted by molar-refractivity contribution is -0.121. The lowest BCUT2D eigenvalue weighted by atomic mass is 9.89. The molecule has 0 aromatic heterocycles. The summed E-state index contributed by atoms with van der Waals surface area (Å²) in [6, 6.07) is 2.94. The summed E-state index contributed by atoms with van der Waals surface area (Å²) < 4.78 is 0. The smallest absolute Gasteiger partial charge is 0.133 e. The fraction of sp³-hybridized carbons (Fsp3) is 0.867. The molecule has 0 amide bonds. The number of ketones is 1. The topological polar surface area (TPSA) is 44.1 Å². The van der Waals surface area contributed by atoms with Gasteiger partial charge in [-0.15, -0.1) is 0 Å². The Morgan fingerprint density at radius 3 is 2.50 bits per heavy atom. The van der Waals surface area contributed by atoms with Crippen molar-refractivity contribution >= 4 is 5.78 Å². The highest BCUT2D eigenvalue weighted by atomic mass is 16.1. The van der Waals surface area contributed by atoms with Crippen LogP contribution in [0, 0.1) is 16.7 Å². The van der Waals surface area contributed by atoms with Crippen LogP contribution in [0.1, 0.15) is 58.8 Å². The molecule has 0 bridgehead atoms. The van der Waals surface area contributed by atoms with E-state index in [4.69, 9.17) is 5.26 Å². The first-order chi connectivity index (χ1) is 8.44. The second-order valence-electron chi connectivity index (χ2n) is 6.20. The van der Waals surface area contributed by atoms with E-state index in [0.717, 1.165) is 51.5 Å². The highest BCUT2D eigenvalue weighted by Gasteiger charge is 2.22. The third-order valence-corrected chi connectivity index (χ3v) is 4.00. The van der Waals surface area contributed by atoms with E-state index in [9.17, 15) is 4.79 Å². The van der Waals surface area contributed by atoms with Gasteiger partial charge in [0.1, 0.15) is 5.78 Å². The van der Waals surface area contributed by atoms with Gasteiger partial charge < -0.3 is 4.90 Å². The van der Waals surface area contributed by atoms with E-state index in [1.807, 2.05) is 13.8 Å². The first-order valence-electron chi connectivity index (χ1n) is 7.08. The average Bonchev–Trinajstić information content (AvgIpc) is 2.35. The van der Waals surface area contributed by atoms with E-state index >= 15 is 0 Å². The normalized spacial score (nSPS) is 18.1. The van der Waals surface area contributed by atoms with Crippen molar-refractivity contribution in [2.24, 2.45) is 5.41 Å². The van der Waals surface area contributed by atoms with E-state index in [0.29, 0.717) is 11.8 Å². The van der Waals surface area contributed by atoms with Crippen LogP contribution in [0.2, 0.25) is 0 Å². The van der Waals surface area contributed by atoms with Crippen molar-refractivity contribution in [1.82, 2.24) is 4.90 Å². The molecule has 0 heterocycles. The minimum Gasteiger partial charge on any atom is -0.303 e. The molecule has 0 N–H and O–H groups in total. The SMILES string of the molecule is CN(CCCCC(C)(C)C#N)C1CCC(=O)CC1. The minimum atomic E-state index is -0.185. The minimum absolute atomic E-state index is 0.185. The first kappa shape index (κ1) is 15.2. The Kier molecular flexibility index (Phi) is 5.81. The first-order valence-corrected chi connectivity index (χ1v) is 7.08. The number of unbranched alkanes of at least 4 members (excludes halogenated alkanes) is 1. The Labute approximate surface area is 111 Å². The molecule has 0 saturated heterocycles. The van der Waals surface area contributed by atoms with Crippen LogP contribution in [0.4, 0.5) is 0 Å². The Balaban J connectivity index is 2.16. The zero-order valence-corrected chi connectivity index (χ0v) is 12.0. The van der Waals surface area contributed by atoms with Crippen LogP contribution in [-0.4, -0.2) is 30.3 Å². The van der Waals surface area contributed by atoms with Gasteiger partial charge in [0.2, 0.25) is 0 Å². The summed E-state index contributed by atoms with van der Waals surface area (Å²) in [5.41, 5.74) is -0.185. The molecule has 1 rings (SSSR count). The lowest BCUT2D eigenvalue weighted by Gasteiger charge is -2.30. The molecule has 3 heteroatoms. The molecule has 0 unspecified atom stereocenters. The van der Waals surface area contributed by atoms with Crippen LogP contribution in [0.25, 0.3) is 0 Å². The number of nitrogens with zero attached hydrogens (tertiary/aromatic N) is 2. The van der Waals surface area contributed by atoms with Gasteiger partial charge in [0, 0.05) is 18.9 Å². The van der Waals surface area contributed by atoms with Crippen molar-refractivity contribution in [3.05, 3.63) is 0 Å². The number of rotatable bonds is 6. The van der Waals surface area contributed by atoms with E-state index in [1.54, 1.807) is 0 Å². The maximum atomic E-state index is 11.2. The summed E-state index contributed by atoms with van der Waals surface area (Å²) in [5, 5.41) is 8.94. The highest BCUT2D eigenvalue weighted by molar-refractivity contribution is 5.79. The third kappa shape index (κ3) is 5.18. The third-order valence-electron chi connectivity index (χ3n) is 4.00. The van der Waals surface area contributed by atoms with Gasteiger partial charge in [-0.1, -0.05) is 6.42 Å². The second-order valence-corrected chi connectivity index (χ2v) is 6.20. The molecule has 0 aliphatic heterocycles. The number of hydrogen-bond acceptors (Lipinski definition) is 3. The zero-order valence-electron chi connectivity index (χ0n) is 12.0. The summed E-state index contributed by atoms with van der Waals surface area (Å²) in [5.74, 6) is 0.426. The van der Waals surface area contributed by atoms with Crippen LogP contribution in [0.15, 0.2) is 0 Å². The average molecular weight is 250 g/mol. The molecule has 0 spiro atoms. The van der Waals surface area contributed by atoms with E-state index in [2.05, 4.69) is 18.0 Å². The second kappa shape index (κ2) is 6.89. The molecule has 1 aliphatic rings. The maximum absolute atomic E-state index is 11.2. The molecule has 18 heavy (non-hydrogen) atoms. The Morgan fingerprint density at radius 2 is 1.94 bits per heavy atom. The molecule has 0 aromatic rings. The fourth-order valence-corrected chi connectivity index (χ4v) is 2.53. The predicted octanol–water partition coefficient (Wildman–Crippen LogP) is 3.15. The molecular formula is C15H26N2O. The molecule has 1 aliphatic carbocycles. The molecule has 0 radical (unpaired) electrons. The molecule has 1 fully saturated rings. The maximum Gasteiger partial charge on any atom is 0.133 e. The molecule has 0 aromatic carbocycles. The van der Waals surface area contributed by atoms with Gasteiger partial charge in [-0.2, -0.15) is 5.26 Å². The van der Waals surface area contributed by atoms with Crippen LogP contribution >= 0.6 is 0 Å². The van der Waals surface area contributed by atoms with Crippen LogP contribution in [0.3, 0.4) is 0 Å². The van der Waals surface area contributed by atoms with Gasteiger partial charge in [0.15, 0.2) is 0 Å². The Bertz CT molecular complexity index is 307. The number of hydrogen-bond donors (Lipinski definition) is 0. The lowest BCUT2D eigenvalue weighted by Crippen LogP contribution is -2.35. The Hall–Kier alpha value is -0.880. The molecule has 0 atom stereocenters. The zero-order chi connectivity index (χ0) is 13.6. The summed E-state index contributed by atoms with van der Waals surface area (Å²) in [4.78, 5) is 13.6. The molecule has 1 saturated carbocycles. The van der Waals surface area contributed by atoms with Crippen molar-refractivity contribution in [1.29, 1.82) is 5.26 Å². The van der Waals surface area contributed by atoms with Crippen molar-refractivity contribution in [3.63, 3.8) is 0 Å². The fourth-order valence-electron chi connectivity index (χ4n) is 2.53. The van der Waals surface area contributed by atoms with Crippen molar-refractivity contribution < 1.29 is 4.79 Å². The number of Topliss-reactive ketones (excluding diaryl/α,β-unsaturated/α-hetero) is 1. The van der Waals surface area contributed by atoms with E-state index in [-0.39, 0.29) is 5.41 Å². The summed E-state index contributed by atoms with van der Waals surface area (Å²) >= 11 is 0. The van der Waals surface area contributed by atoms with E-state index in [1.165, 1.54) is 0 Å². The Morgan fingerprint density at radius 1 is 1.33 bits per heavy atom. The summed E-state index contributed by atoms with van der Waals surface area (Å²) in [6.07, 6.45) is 6.80. The van der Waals surface area contributed by atoms with Crippen LogP contribution in [-0.2, 0) is 4.79 Å². The van der Waals surface area contributed by atoms with Gasteiger partial charge in [-0.25, -0.2) is 0 Å². The quantitative estimate of drug-likeness (QED) is 0.680. The van der Waals surface area contributed by atoms with Gasteiger partial charge in [0.25, 0.3) is 0 Å². The molecule has 102 valence electrons.